The fourth-order valence-corrected chi connectivity index (χ4v) is 1.06. The van der Waals surface area contributed by atoms with Gasteiger partial charge >= 0.3 is 5.97 Å². The van der Waals surface area contributed by atoms with E-state index in [1.54, 1.807) is 24.3 Å². The Balaban J connectivity index is 2.82. The molecule has 1 unspecified atom stereocenters. The van der Waals surface area contributed by atoms with Gasteiger partial charge in [0.25, 0.3) is 0 Å². The largest absolute Gasteiger partial charge is 0.479 e. The summed E-state index contributed by atoms with van der Waals surface area (Å²) >= 11 is 5.65. The van der Waals surface area contributed by atoms with Gasteiger partial charge in [-0.1, -0.05) is 11.6 Å². The minimum atomic E-state index is -1.45. The number of benzene rings is 1. The fraction of sp³-hybridized carbons (Fsp3) is 0.200. The molecule has 0 radical (unpaired) electrons. The fourth-order valence-electron chi connectivity index (χ4n) is 0.937. The van der Waals surface area contributed by atoms with E-state index in [4.69, 9.17) is 16.7 Å². The zero-order chi connectivity index (χ0) is 12.1. The Morgan fingerprint density at radius 2 is 1.88 bits per heavy atom. The number of rotatable bonds is 4. The Morgan fingerprint density at radius 3 is 2.31 bits per heavy atom. The van der Waals surface area contributed by atoms with Crippen LogP contribution in [0.25, 0.3) is 0 Å². The molecule has 0 bridgehead atoms. The average molecular weight is 241 g/mol. The summed E-state index contributed by atoms with van der Waals surface area (Å²) in [6.45, 7) is 1.15. The number of hydrogen-bond acceptors (Lipinski definition) is 4. The maximum Gasteiger partial charge on any atom is 0.338 e. The second kappa shape index (κ2) is 5.37. The number of azo groups is 1. The van der Waals surface area contributed by atoms with Crippen LogP contribution in [-0.4, -0.2) is 22.9 Å². The summed E-state index contributed by atoms with van der Waals surface area (Å²) in [4.78, 5) is 21.5. The van der Waals surface area contributed by atoms with Crippen molar-refractivity contribution in [3.05, 3.63) is 29.3 Å². The number of carboxylic acids is 1. The van der Waals surface area contributed by atoms with Crippen LogP contribution in [0.2, 0.25) is 5.02 Å². The molecule has 0 saturated carbocycles. The molecular formula is C10H9ClN2O3. The molecule has 0 saturated heterocycles. The first kappa shape index (κ1) is 12.3. The van der Waals surface area contributed by atoms with Crippen molar-refractivity contribution in [2.75, 3.05) is 0 Å². The summed E-state index contributed by atoms with van der Waals surface area (Å²) in [6.07, 6.45) is 0. The zero-order valence-corrected chi connectivity index (χ0v) is 9.18. The molecule has 16 heavy (non-hydrogen) atoms. The third-order valence-electron chi connectivity index (χ3n) is 1.73. The molecule has 1 atom stereocenters. The van der Waals surface area contributed by atoms with Crippen LogP contribution >= 0.6 is 11.6 Å². The molecule has 0 aliphatic rings. The number of carboxylic acid groups (broad SMARTS) is 1. The summed E-state index contributed by atoms with van der Waals surface area (Å²) in [6, 6.07) is 4.89. The van der Waals surface area contributed by atoms with Gasteiger partial charge in [-0.25, -0.2) is 4.79 Å². The SMILES string of the molecule is CC(=O)C(N=Nc1ccc(Cl)cc1)C(=O)O. The highest BCUT2D eigenvalue weighted by Crippen LogP contribution is 2.17. The van der Waals surface area contributed by atoms with Crippen LogP contribution in [0.4, 0.5) is 5.69 Å². The first-order valence-corrected chi connectivity index (χ1v) is 4.78. The topological polar surface area (TPSA) is 79.1 Å². The summed E-state index contributed by atoms with van der Waals surface area (Å²) < 4.78 is 0. The molecular weight excluding hydrogens is 232 g/mol. The first-order chi connectivity index (χ1) is 7.50. The number of Topliss-reactive ketones (excluding diaryl/α,β-unsaturated/α-hetero) is 1. The van der Waals surface area contributed by atoms with Crippen molar-refractivity contribution < 1.29 is 14.7 Å². The number of halogens is 1. The summed E-state index contributed by atoms with van der Waals surface area (Å²) in [5.74, 6) is -1.88. The van der Waals surface area contributed by atoms with Crippen molar-refractivity contribution in [2.45, 2.75) is 13.0 Å². The quantitative estimate of drug-likeness (QED) is 0.649. The van der Waals surface area contributed by atoms with E-state index < -0.39 is 17.8 Å². The third-order valence-corrected chi connectivity index (χ3v) is 1.99. The number of carbonyl (C=O) groups excluding carboxylic acids is 1. The molecule has 84 valence electrons. The van der Waals surface area contributed by atoms with E-state index in [0.717, 1.165) is 6.92 Å². The molecule has 0 heterocycles. The van der Waals surface area contributed by atoms with Crippen LogP contribution in [0.1, 0.15) is 6.92 Å². The Morgan fingerprint density at radius 1 is 1.31 bits per heavy atom. The van der Waals surface area contributed by atoms with Crippen molar-refractivity contribution in [3.63, 3.8) is 0 Å². The maximum absolute atomic E-state index is 10.9. The first-order valence-electron chi connectivity index (χ1n) is 4.40. The monoisotopic (exact) mass is 240 g/mol. The smallest absolute Gasteiger partial charge is 0.338 e. The minimum absolute atomic E-state index is 0.442. The molecule has 0 amide bonds. The Bertz CT molecular complexity index is 414. The number of nitrogens with zero attached hydrogens (tertiary/aromatic N) is 2. The van der Waals surface area contributed by atoms with Gasteiger partial charge in [0.1, 0.15) is 0 Å². The van der Waals surface area contributed by atoms with Crippen LogP contribution < -0.4 is 0 Å². The van der Waals surface area contributed by atoms with Gasteiger partial charge in [-0.2, -0.15) is 10.2 Å². The van der Waals surface area contributed by atoms with Gasteiger partial charge in [0.2, 0.25) is 6.04 Å². The lowest BCUT2D eigenvalue weighted by Gasteiger charge is -2.00. The Labute approximate surface area is 96.8 Å². The summed E-state index contributed by atoms with van der Waals surface area (Å²) in [5, 5.41) is 16.3. The van der Waals surface area contributed by atoms with Crippen molar-refractivity contribution in [2.24, 2.45) is 10.2 Å². The highest BCUT2D eigenvalue weighted by molar-refractivity contribution is 6.30. The molecule has 1 aromatic carbocycles. The van der Waals surface area contributed by atoms with Gasteiger partial charge in [0.15, 0.2) is 5.78 Å². The van der Waals surface area contributed by atoms with Crippen LogP contribution in [0.5, 0.6) is 0 Å². The van der Waals surface area contributed by atoms with E-state index in [-0.39, 0.29) is 0 Å². The summed E-state index contributed by atoms with van der Waals surface area (Å²) in [5.41, 5.74) is 0.442. The van der Waals surface area contributed by atoms with E-state index >= 15 is 0 Å². The average Bonchev–Trinajstić information content (AvgIpc) is 2.20. The predicted octanol–water partition coefficient (Wildman–Crippen LogP) is 2.47. The Hall–Kier alpha value is -1.75. The molecule has 0 aliphatic carbocycles. The number of ketones is 1. The maximum atomic E-state index is 10.9. The van der Waals surface area contributed by atoms with Gasteiger partial charge in [0.05, 0.1) is 5.69 Å². The molecule has 1 rings (SSSR count). The Kier molecular flexibility index (Phi) is 4.13. The highest BCUT2D eigenvalue weighted by atomic mass is 35.5. The second-order valence-electron chi connectivity index (χ2n) is 3.04. The molecule has 1 aromatic rings. The summed E-state index contributed by atoms with van der Waals surface area (Å²) in [7, 11) is 0. The standard InChI is InChI=1S/C10H9ClN2O3/c1-6(14)9(10(15)16)13-12-8-4-2-7(11)3-5-8/h2-5,9H,1H3,(H,15,16). The van der Waals surface area contributed by atoms with E-state index in [2.05, 4.69) is 10.2 Å². The molecule has 1 N–H and O–H groups in total. The van der Waals surface area contributed by atoms with Gasteiger partial charge in [-0.3, -0.25) is 4.79 Å². The van der Waals surface area contributed by atoms with Crippen molar-refractivity contribution >= 4 is 29.0 Å². The van der Waals surface area contributed by atoms with E-state index in [1.165, 1.54) is 0 Å². The van der Waals surface area contributed by atoms with Crippen LogP contribution in [0.15, 0.2) is 34.5 Å². The van der Waals surface area contributed by atoms with E-state index in [9.17, 15) is 9.59 Å². The van der Waals surface area contributed by atoms with Crippen molar-refractivity contribution in [1.82, 2.24) is 0 Å². The number of hydrogen-bond donors (Lipinski definition) is 1. The third kappa shape index (κ3) is 3.43. The minimum Gasteiger partial charge on any atom is -0.479 e. The van der Waals surface area contributed by atoms with Crippen molar-refractivity contribution in [3.8, 4) is 0 Å². The predicted molar refractivity (Wildman–Crippen MR) is 58.1 cm³/mol. The van der Waals surface area contributed by atoms with Gasteiger partial charge in [-0.05, 0) is 31.2 Å². The molecule has 0 aliphatic heterocycles. The lowest BCUT2D eigenvalue weighted by Crippen LogP contribution is -2.25. The zero-order valence-electron chi connectivity index (χ0n) is 8.42. The molecule has 5 nitrogen and oxygen atoms in total. The lowest BCUT2D eigenvalue weighted by atomic mass is 10.2. The van der Waals surface area contributed by atoms with Crippen LogP contribution in [0, 0.1) is 0 Å². The molecule has 0 aromatic heterocycles. The lowest BCUT2D eigenvalue weighted by molar-refractivity contribution is -0.141. The van der Waals surface area contributed by atoms with Crippen molar-refractivity contribution in [1.29, 1.82) is 0 Å². The second-order valence-corrected chi connectivity index (χ2v) is 3.48. The van der Waals surface area contributed by atoms with E-state index in [1.807, 2.05) is 0 Å². The van der Waals surface area contributed by atoms with Crippen LogP contribution in [0.3, 0.4) is 0 Å². The molecule has 0 fully saturated rings. The molecule has 0 spiro atoms. The van der Waals surface area contributed by atoms with Crippen LogP contribution in [-0.2, 0) is 9.59 Å². The molecule has 6 heteroatoms. The highest BCUT2D eigenvalue weighted by Gasteiger charge is 2.21. The normalized spacial score (nSPS) is 12.6. The van der Waals surface area contributed by atoms with E-state index in [0.29, 0.717) is 10.7 Å². The van der Waals surface area contributed by atoms with Gasteiger partial charge < -0.3 is 5.11 Å². The number of aliphatic carboxylic acids is 1. The van der Waals surface area contributed by atoms with Gasteiger partial charge in [-0.15, -0.1) is 0 Å². The number of carbonyl (C=O) groups is 2. The van der Waals surface area contributed by atoms with Gasteiger partial charge in [0, 0.05) is 5.02 Å².